The maximum atomic E-state index is 12.1. The molecule has 1 saturated carbocycles. The smallest absolute Gasteiger partial charge is 0.272 e. The Kier molecular flexibility index (Phi) is 6.06. The van der Waals surface area contributed by atoms with Crippen molar-refractivity contribution in [1.29, 1.82) is 0 Å². The van der Waals surface area contributed by atoms with Gasteiger partial charge in [0.15, 0.2) is 6.61 Å². The predicted octanol–water partition coefficient (Wildman–Crippen LogP) is 2.01. The Morgan fingerprint density at radius 1 is 1.41 bits per heavy atom. The van der Waals surface area contributed by atoms with E-state index in [4.69, 9.17) is 4.74 Å². The highest BCUT2D eigenvalue weighted by Gasteiger charge is 2.23. The zero-order chi connectivity index (χ0) is 15.9. The summed E-state index contributed by atoms with van der Waals surface area (Å²) in [5.74, 6) is -0.252. The summed E-state index contributed by atoms with van der Waals surface area (Å²) in [7, 11) is 0. The van der Waals surface area contributed by atoms with Crippen LogP contribution >= 0.6 is 0 Å². The van der Waals surface area contributed by atoms with Crippen LogP contribution in [0.2, 0.25) is 0 Å². The fourth-order valence-electron chi connectivity index (χ4n) is 2.57. The number of aliphatic hydroxyl groups excluding tert-OH is 1. The number of hydrogen-bond acceptors (Lipinski definition) is 4. The lowest BCUT2D eigenvalue weighted by Gasteiger charge is -2.17. The molecule has 2 N–H and O–H groups in total. The molecular weight excluding hydrogens is 294 g/mol. The second-order valence-electron chi connectivity index (χ2n) is 5.39. The van der Waals surface area contributed by atoms with E-state index in [0.717, 1.165) is 25.7 Å². The molecule has 7 heteroatoms. The topological polar surface area (TPSA) is 71.5 Å². The zero-order valence-electron chi connectivity index (χ0n) is 12.2. The largest absolute Gasteiger partial charge is 0.472 e. The Morgan fingerprint density at radius 3 is 2.82 bits per heavy atom. The molecule has 1 aromatic heterocycles. The summed E-state index contributed by atoms with van der Waals surface area (Å²) in [6, 6.07) is 4.38. The molecule has 5 nitrogen and oxygen atoms in total. The van der Waals surface area contributed by atoms with Gasteiger partial charge in [-0.1, -0.05) is 18.9 Å². The van der Waals surface area contributed by atoms with Gasteiger partial charge < -0.3 is 15.2 Å². The van der Waals surface area contributed by atoms with Gasteiger partial charge in [0, 0.05) is 12.6 Å². The molecule has 1 aliphatic carbocycles. The number of aromatic nitrogens is 1. The van der Waals surface area contributed by atoms with Gasteiger partial charge in [0.2, 0.25) is 5.88 Å². The van der Waals surface area contributed by atoms with E-state index in [-0.39, 0.29) is 24.0 Å². The highest BCUT2D eigenvalue weighted by Crippen LogP contribution is 2.27. The lowest BCUT2D eigenvalue weighted by Crippen LogP contribution is -2.36. The summed E-state index contributed by atoms with van der Waals surface area (Å²) >= 11 is 0. The quantitative estimate of drug-likeness (QED) is 0.807. The molecule has 1 unspecified atom stereocenters. The third-order valence-electron chi connectivity index (χ3n) is 3.73. The molecule has 1 amide bonds. The number of hydrogen-bond donors (Lipinski definition) is 2. The van der Waals surface area contributed by atoms with Gasteiger partial charge >= 0.3 is 0 Å². The fourth-order valence-corrected chi connectivity index (χ4v) is 2.57. The van der Waals surface area contributed by atoms with Crippen molar-refractivity contribution < 1.29 is 23.4 Å². The molecule has 2 rings (SSSR count). The summed E-state index contributed by atoms with van der Waals surface area (Å²) in [5.41, 5.74) is 0.0744. The van der Waals surface area contributed by atoms with Gasteiger partial charge in [-0.3, -0.25) is 4.79 Å². The molecule has 0 radical (unpaired) electrons. The van der Waals surface area contributed by atoms with Crippen molar-refractivity contribution >= 4 is 5.91 Å². The van der Waals surface area contributed by atoms with Crippen LogP contribution in [0.1, 0.15) is 36.2 Å². The van der Waals surface area contributed by atoms with Gasteiger partial charge in [0.25, 0.3) is 12.3 Å². The van der Waals surface area contributed by atoms with Gasteiger partial charge in [0.1, 0.15) is 5.69 Å². The number of alkyl halides is 2. The van der Waals surface area contributed by atoms with E-state index in [2.05, 4.69) is 10.3 Å². The third-order valence-corrected chi connectivity index (χ3v) is 3.73. The van der Waals surface area contributed by atoms with Crippen molar-refractivity contribution in [1.82, 2.24) is 10.3 Å². The summed E-state index contributed by atoms with van der Waals surface area (Å²) < 4.78 is 28.9. The number of pyridine rings is 1. The van der Waals surface area contributed by atoms with Crippen LogP contribution in [0.3, 0.4) is 0 Å². The van der Waals surface area contributed by atoms with E-state index >= 15 is 0 Å². The average molecular weight is 314 g/mol. The van der Waals surface area contributed by atoms with Crippen molar-refractivity contribution in [3.63, 3.8) is 0 Å². The Balaban J connectivity index is 1.84. The van der Waals surface area contributed by atoms with E-state index in [0.29, 0.717) is 0 Å². The first-order valence-corrected chi connectivity index (χ1v) is 7.40. The molecule has 0 spiro atoms. The van der Waals surface area contributed by atoms with Crippen LogP contribution in [-0.2, 0) is 0 Å². The van der Waals surface area contributed by atoms with E-state index in [1.165, 1.54) is 18.2 Å². The van der Waals surface area contributed by atoms with Crippen LogP contribution in [-0.4, -0.2) is 41.7 Å². The van der Waals surface area contributed by atoms with Crippen LogP contribution in [0.25, 0.3) is 0 Å². The molecule has 0 aliphatic heterocycles. The highest BCUT2D eigenvalue weighted by molar-refractivity contribution is 5.92. The molecule has 0 aromatic carbocycles. The van der Waals surface area contributed by atoms with Gasteiger partial charge in [-0.2, -0.15) is 0 Å². The SMILES string of the molecule is O=C(NCC(O)C1CCCC1)c1cccc(OCC(F)F)n1. The molecule has 22 heavy (non-hydrogen) atoms. The second-order valence-corrected chi connectivity index (χ2v) is 5.39. The minimum absolute atomic E-state index is 0.0238. The lowest BCUT2D eigenvalue weighted by atomic mass is 10.0. The Bertz CT molecular complexity index is 493. The number of carbonyl (C=O) groups excluding carboxylic acids is 1. The summed E-state index contributed by atoms with van der Waals surface area (Å²) in [4.78, 5) is 15.8. The number of halogens is 2. The molecule has 1 heterocycles. The average Bonchev–Trinajstić information content (AvgIpc) is 3.05. The van der Waals surface area contributed by atoms with Gasteiger partial charge in [-0.25, -0.2) is 13.8 Å². The first-order valence-electron chi connectivity index (χ1n) is 7.40. The van der Waals surface area contributed by atoms with E-state index in [1.807, 2.05) is 0 Å². The summed E-state index contributed by atoms with van der Waals surface area (Å²) in [6.45, 7) is -0.605. The number of rotatable bonds is 7. The van der Waals surface area contributed by atoms with Crippen LogP contribution in [0, 0.1) is 5.92 Å². The van der Waals surface area contributed by atoms with Crippen molar-refractivity contribution in [2.75, 3.05) is 13.2 Å². The molecular formula is C15H20F2N2O3. The first-order chi connectivity index (χ1) is 10.6. The van der Waals surface area contributed by atoms with Crippen molar-refractivity contribution in [2.24, 2.45) is 5.92 Å². The molecule has 1 aromatic rings. The Hall–Kier alpha value is -1.76. The molecule has 1 atom stereocenters. The normalized spacial score (nSPS) is 16.7. The number of aliphatic hydroxyl groups is 1. The molecule has 122 valence electrons. The van der Waals surface area contributed by atoms with Gasteiger partial charge in [-0.05, 0) is 24.8 Å². The minimum atomic E-state index is -2.60. The number of carbonyl (C=O) groups is 1. The van der Waals surface area contributed by atoms with Crippen molar-refractivity contribution in [2.45, 2.75) is 38.2 Å². The number of nitrogens with one attached hydrogen (secondary N) is 1. The maximum Gasteiger partial charge on any atom is 0.272 e. The number of ether oxygens (including phenoxy) is 1. The first kappa shape index (κ1) is 16.6. The molecule has 1 fully saturated rings. The van der Waals surface area contributed by atoms with E-state index in [1.54, 1.807) is 0 Å². The van der Waals surface area contributed by atoms with Crippen LogP contribution in [0.4, 0.5) is 8.78 Å². The summed E-state index contributed by atoms with van der Waals surface area (Å²) in [6.07, 6.45) is 1.02. The minimum Gasteiger partial charge on any atom is -0.472 e. The Morgan fingerprint density at radius 2 is 2.14 bits per heavy atom. The zero-order valence-corrected chi connectivity index (χ0v) is 12.2. The van der Waals surface area contributed by atoms with Crippen molar-refractivity contribution in [3.05, 3.63) is 23.9 Å². The third kappa shape index (κ3) is 4.91. The monoisotopic (exact) mass is 314 g/mol. The van der Waals surface area contributed by atoms with E-state index in [9.17, 15) is 18.7 Å². The molecule has 0 saturated heterocycles. The van der Waals surface area contributed by atoms with Gasteiger partial charge in [0.05, 0.1) is 6.10 Å². The lowest BCUT2D eigenvalue weighted by molar-refractivity contribution is 0.0786. The Labute approximate surface area is 127 Å². The molecule has 0 bridgehead atoms. The fraction of sp³-hybridized carbons (Fsp3) is 0.600. The standard InChI is InChI=1S/C15H20F2N2O3/c16-13(17)9-22-14-7-3-6-11(19-14)15(21)18-8-12(20)10-4-1-2-5-10/h3,6-7,10,12-13,20H,1-2,4-5,8-9H2,(H,18,21). The van der Waals surface area contributed by atoms with Crippen LogP contribution < -0.4 is 10.1 Å². The maximum absolute atomic E-state index is 12.1. The van der Waals surface area contributed by atoms with Crippen LogP contribution in [0.5, 0.6) is 5.88 Å². The predicted molar refractivity (Wildman–Crippen MR) is 76.0 cm³/mol. The molecule has 1 aliphatic rings. The second kappa shape index (κ2) is 8.03. The van der Waals surface area contributed by atoms with Gasteiger partial charge in [-0.15, -0.1) is 0 Å². The van der Waals surface area contributed by atoms with E-state index < -0.39 is 25.0 Å². The number of amides is 1. The highest BCUT2D eigenvalue weighted by atomic mass is 19.3. The van der Waals surface area contributed by atoms with Crippen molar-refractivity contribution in [3.8, 4) is 5.88 Å². The van der Waals surface area contributed by atoms with Crippen LogP contribution in [0.15, 0.2) is 18.2 Å². The summed E-state index contributed by atoms with van der Waals surface area (Å²) in [5, 5.41) is 12.6. The number of nitrogens with zero attached hydrogens (tertiary/aromatic N) is 1.